The molecule has 94 valence electrons. The minimum atomic E-state index is 0. The molecule has 0 heterocycles. The van der Waals surface area contributed by atoms with Gasteiger partial charge in [0, 0.05) is 30.6 Å². The topological polar surface area (TPSA) is 38.0 Å². The molecule has 1 aliphatic rings. The molecule has 0 radical (unpaired) electrons. The molecule has 0 unspecified atom stereocenters. The predicted octanol–water partition coefficient (Wildman–Crippen LogP) is 2.44. The van der Waals surface area contributed by atoms with Crippen LogP contribution in [0.3, 0.4) is 0 Å². The second-order valence-corrected chi connectivity index (χ2v) is 5.08. The highest BCUT2D eigenvalue weighted by atomic mass is 35.5. The Kier molecular flexibility index (Phi) is 15.7. The number of nitrogens with two attached hydrogens (primary N) is 1. The van der Waals surface area contributed by atoms with Crippen LogP contribution in [0, 0.1) is 0 Å². The first kappa shape index (κ1) is 18.2. The van der Waals surface area contributed by atoms with E-state index in [-0.39, 0.29) is 24.8 Å². The summed E-state index contributed by atoms with van der Waals surface area (Å²) in [5, 5.41) is 4.28. The number of rotatable bonds is 6. The molecular formula is C10H24Cl2N2S. The van der Waals surface area contributed by atoms with Crippen LogP contribution in [0.15, 0.2) is 0 Å². The van der Waals surface area contributed by atoms with Crippen molar-refractivity contribution in [1.29, 1.82) is 0 Å². The van der Waals surface area contributed by atoms with E-state index in [2.05, 4.69) is 17.1 Å². The van der Waals surface area contributed by atoms with Gasteiger partial charge in [0.1, 0.15) is 0 Å². The summed E-state index contributed by atoms with van der Waals surface area (Å²) in [6.45, 7) is 2.84. The van der Waals surface area contributed by atoms with Crippen molar-refractivity contribution in [1.82, 2.24) is 5.32 Å². The Bertz CT molecular complexity index is 122. The molecule has 0 aromatic rings. The van der Waals surface area contributed by atoms with Gasteiger partial charge in [0.2, 0.25) is 0 Å². The van der Waals surface area contributed by atoms with Crippen molar-refractivity contribution < 1.29 is 0 Å². The molecule has 0 aromatic heterocycles. The highest BCUT2D eigenvalue weighted by molar-refractivity contribution is 7.99. The fourth-order valence-corrected chi connectivity index (χ4v) is 3.02. The van der Waals surface area contributed by atoms with Gasteiger partial charge < -0.3 is 11.1 Å². The third kappa shape index (κ3) is 9.76. The first-order valence-corrected chi connectivity index (χ1v) is 6.50. The standard InChI is InChI=1S/C10H22N2S.2ClH/c11-6-7-12-8-9-13-10-4-2-1-3-5-10;;/h10,12H,1-9,11H2;2*1H. The van der Waals surface area contributed by atoms with Crippen molar-refractivity contribution in [3.63, 3.8) is 0 Å². The van der Waals surface area contributed by atoms with Gasteiger partial charge in [-0.05, 0) is 12.8 Å². The molecule has 5 heteroatoms. The van der Waals surface area contributed by atoms with Gasteiger partial charge in [0.05, 0.1) is 0 Å². The smallest absolute Gasteiger partial charge is 0.00748 e. The fourth-order valence-electron chi connectivity index (χ4n) is 1.76. The van der Waals surface area contributed by atoms with Crippen LogP contribution in [0.4, 0.5) is 0 Å². The van der Waals surface area contributed by atoms with Crippen molar-refractivity contribution in [2.45, 2.75) is 37.4 Å². The largest absolute Gasteiger partial charge is 0.329 e. The first-order chi connectivity index (χ1) is 6.43. The fraction of sp³-hybridized carbons (Fsp3) is 1.00. The van der Waals surface area contributed by atoms with Crippen molar-refractivity contribution in [3.8, 4) is 0 Å². The molecule has 0 aromatic carbocycles. The summed E-state index contributed by atoms with van der Waals surface area (Å²) < 4.78 is 0. The molecule has 2 nitrogen and oxygen atoms in total. The maximum atomic E-state index is 5.38. The molecule has 0 spiro atoms. The number of thioether (sulfide) groups is 1. The van der Waals surface area contributed by atoms with Gasteiger partial charge in [-0.15, -0.1) is 24.8 Å². The highest BCUT2D eigenvalue weighted by Gasteiger charge is 2.12. The second-order valence-electron chi connectivity index (χ2n) is 3.67. The summed E-state index contributed by atoms with van der Waals surface area (Å²) in [6, 6.07) is 0. The maximum absolute atomic E-state index is 5.38. The first-order valence-electron chi connectivity index (χ1n) is 5.46. The minimum Gasteiger partial charge on any atom is -0.329 e. The highest BCUT2D eigenvalue weighted by Crippen LogP contribution is 2.27. The monoisotopic (exact) mass is 274 g/mol. The van der Waals surface area contributed by atoms with E-state index in [4.69, 9.17) is 5.73 Å². The molecule has 1 rings (SSSR count). The number of hydrogen-bond acceptors (Lipinski definition) is 3. The second kappa shape index (κ2) is 12.9. The Morgan fingerprint density at radius 1 is 1.07 bits per heavy atom. The average molecular weight is 275 g/mol. The zero-order valence-corrected chi connectivity index (χ0v) is 11.7. The number of nitrogens with one attached hydrogen (secondary N) is 1. The Balaban J connectivity index is 0. The Hall–Kier alpha value is 0.850. The van der Waals surface area contributed by atoms with Crippen molar-refractivity contribution >= 4 is 36.6 Å². The van der Waals surface area contributed by atoms with Crippen LogP contribution < -0.4 is 11.1 Å². The molecule has 0 atom stereocenters. The summed E-state index contributed by atoms with van der Waals surface area (Å²) in [5.74, 6) is 1.25. The molecule has 1 aliphatic carbocycles. The van der Waals surface area contributed by atoms with E-state index >= 15 is 0 Å². The SMILES string of the molecule is Cl.Cl.NCCNCCSC1CCCCC1. The predicted molar refractivity (Wildman–Crippen MR) is 75.8 cm³/mol. The molecule has 0 aliphatic heterocycles. The molecule has 0 bridgehead atoms. The van der Waals surface area contributed by atoms with Crippen LogP contribution in [-0.2, 0) is 0 Å². The van der Waals surface area contributed by atoms with E-state index in [0.29, 0.717) is 0 Å². The quantitative estimate of drug-likeness (QED) is 0.731. The van der Waals surface area contributed by atoms with Crippen LogP contribution in [0.5, 0.6) is 0 Å². The van der Waals surface area contributed by atoms with Crippen LogP contribution in [0.2, 0.25) is 0 Å². The number of hydrogen-bond donors (Lipinski definition) is 2. The van der Waals surface area contributed by atoms with Crippen LogP contribution in [-0.4, -0.2) is 30.6 Å². The lowest BCUT2D eigenvalue weighted by molar-refractivity contribution is 0.516. The van der Waals surface area contributed by atoms with Crippen LogP contribution in [0.25, 0.3) is 0 Å². The maximum Gasteiger partial charge on any atom is 0.00748 e. The van der Waals surface area contributed by atoms with E-state index in [1.54, 1.807) is 0 Å². The Morgan fingerprint density at radius 3 is 2.33 bits per heavy atom. The third-order valence-electron chi connectivity index (χ3n) is 2.51. The Labute approximate surface area is 110 Å². The lowest BCUT2D eigenvalue weighted by atomic mass is 10.0. The lowest BCUT2D eigenvalue weighted by Crippen LogP contribution is -2.25. The summed E-state index contributed by atoms with van der Waals surface area (Å²) in [7, 11) is 0. The lowest BCUT2D eigenvalue weighted by Gasteiger charge is -2.20. The van der Waals surface area contributed by atoms with Gasteiger partial charge in [0.25, 0.3) is 0 Å². The van der Waals surface area contributed by atoms with Crippen LogP contribution >= 0.6 is 36.6 Å². The zero-order chi connectivity index (χ0) is 9.36. The van der Waals surface area contributed by atoms with Crippen molar-refractivity contribution in [3.05, 3.63) is 0 Å². The van der Waals surface area contributed by atoms with Gasteiger partial charge in [-0.2, -0.15) is 11.8 Å². The zero-order valence-electron chi connectivity index (χ0n) is 9.24. The summed E-state index contributed by atoms with van der Waals surface area (Å²) in [5.41, 5.74) is 5.38. The normalized spacial score (nSPS) is 16.6. The molecule has 15 heavy (non-hydrogen) atoms. The van der Waals surface area contributed by atoms with Gasteiger partial charge in [-0.1, -0.05) is 19.3 Å². The minimum absolute atomic E-state index is 0. The molecule has 3 N–H and O–H groups in total. The van der Waals surface area contributed by atoms with E-state index < -0.39 is 0 Å². The average Bonchev–Trinajstić information content (AvgIpc) is 2.19. The van der Waals surface area contributed by atoms with E-state index in [0.717, 1.165) is 24.9 Å². The Morgan fingerprint density at radius 2 is 1.73 bits per heavy atom. The van der Waals surface area contributed by atoms with Gasteiger partial charge >= 0.3 is 0 Å². The van der Waals surface area contributed by atoms with Crippen LogP contribution in [0.1, 0.15) is 32.1 Å². The molecule has 1 fully saturated rings. The van der Waals surface area contributed by atoms with E-state index in [9.17, 15) is 0 Å². The van der Waals surface area contributed by atoms with Crippen molar-refractivity contribution in [2.75, 3.05) is 25.4 Å². The molecular weight excluding hydrogens is 251 g/mol. The summed E-state index contributed by atoms with van der Waals surface area (Å²) in [6.07, 6.45) is 7.26. The number of halogens is 2. The van der Waals surface area contributed by atoms with Gasteiger partial charge in [0.15, 0.2) is 0 Å². The van der Waals surface area contributed by atoms with Crippen molar-refractivity contribution in [2.24, 2.45) is 5.73 Å². The van der Waals surface area contributed by atoms with Gasteiger partial charge in [-0.25, -0.2) is 0 Å². The summed E-state index contributed by atoms with van der Waals surface area (Å²) >= 11 is 2.14. The van der Waals surface area contributed by atoms with E-state index in [1.807, 2.05) is 0 Å². The van der Waals surface area contributed by atoms with E-state index in [1.165, 1.54) is 37.9 Å². The van der Waals surface area contributed by atoms with Gasteiger partial charge in [-0.3, -0.25) is 0 Å². The molecule has 0 saturated heterocycles. The summed E-state index contributed by atoms with van der Waals surface area (Å²) in [4.78, 5) is 0. The third-order valence-corrected chi connectivity index (χ3v) is 3.89. The molecule has 1 saturated carbocycles. The molecule has 0 amide bonds.